The number of carbonyl (C=O) groups is 2. The zero-order valence-corrected chi connectivity index (χ0v) is 5.96. The summed E-state index contributed by atoms with van der Waals surface area (Å²) in [6, 6.07) is -0.126. The van der Waals surface area contributed by atoms with E-state index in [0.29, 0.717) is 0 Å². The molecule has 0 spiro atoms. The van der Waals surface area contributed by atoms with E-state index >= 15 is 0 Å². The predicted octanol–water partition coefficient (Wildman–Crippen LogP) is -0.467. The number of carboxylic acid groups (broad SMARTS) is 1. The molecule has 1 rings (SSSR count). The van der Waals surface area contributed by atoms with Gasteiger partial charge in [0.25, 0.3) is 0 Å². The summed E-state index contributed by atoms with van der Waals surface area (Å²) >= 11 is 0. The van der Waals surface area contributed by atoms with E-state index in [4.69, 9.17) is 5.11 Å². The highest BCUT2D eigenvalue weighted by molar-refractivity contribution is 5.80. The number of nitrogens with one attached hydrogen (secondary N) is 2. The lowest BCUT2D eigenvalue weighted by atomic mass is 10.6. The van der Waals surface area contributed by atoms with Crippen LogP contribution < -0.4 is 10.6 Å². The van der Waals surface area contributed by atoms with E-state index in [2.05, 4.69) is 10.6 Å². The minimum absolute atomic E-state index is 0.267. The fourth-order valence-corrected chi connectivity index (χ4v) is 0.620. The molecule has 1 saturated carbocycles. The molecule has 5 nitrogen and oxygen atoms in total. The molecular weight excluding hydrogens is 148 g/mol. The summed E-state index contributed by atoms with van der Waals surface area (Å²) < 4.78 is 0. The summed E-state index contributed by atoms with van der Waals surface area (Å²) in [5.74, 6) is -1.03. The quantitative estimate of drug-likeness (QED) is 0.519. The van der Waals surface area contributed by atoms with E-state index in [1.165, 1.54) is 0 Å². The van der Waals surface area contributed by atoms with Gasteiger partial charge in [-0.15, -0.1) is 0 Å². The van der Waals surface area contributed by atoms with Gasteiger partial charge in [0.1, 0.15) is 6.54 Å². The molecule has 0 aromatic heterocycles. The van der Waals surface area contributed by atoms with Gasteiger partial charge in [-0.2, -0.15) is 0 Å². The van der Waals surface area contributed by atoms with Crippen LogP contribution in [0.5, 0.6) is 0 Å². The molecule has 1 fully saturated rings. The first-order chi connectivity index (χ1) is 5.18. The summed E-state index contributed by atoms with van der Waals surface area (Å²) in [7, 11) is 0. The van der Waals surface area contributed by atoms with Crippen LogP contribution in [-0.4, -0.2) is 29.7 Å². The van der Waals surface area contributed by atoms with E-state index in [-0.39, 0.29) is 12.6 Å². The summed E-state index contributed by atoms with van der Waals surface area (Å²) in [5, 5.41) is 13.0. The first kappa shape index (κ1) is 7.84. The van der Waals surface area contributed by atoms with Gasteiger partial charge in [-0.1, -0.05) is 0 Å². The van der Waals surface area contributed by atoms with Gasteiger partial charge < -0.3 is 15.7 Å². The smallest absolute Gasteiger partial charge is 0.323 e. The normalized spacial score (nSPS) is 15.6. The molecule has 62 valence electrons. The highest BCUT2D eigenvalue weighted by Gasteiger charge is 2.22. The topological polar surface area (TPSA) is 78.4 Å². The number of hydrogen-bond acceptors (Lipinski definition) is 2. The van der Waals surface area contributed by atoms with Crippen molar-refractivity contribution in [2.75, 3.05) is 6.54 Å². The number of rotatable bonds is 3. The van der Waals surface area contributed by atoms with Crippen LogP contribution >= 0.6 is 0 Å². The van der Waals surface area contributed by atoms with Gasteiger partial charge in [0.15, 0.2) is 0 Å². The summed E-state index contributed by atoms with van der Waals surface area (Å²) in [4.78, 5) is 20.7. The van der Waals surface area contributed by atoms with Gasteiger partial charge >= 0.3 is 12.0 Å². The average molecular weight is 158 g/mol. The number of carboxylic acids is 1. The maximum atomic E-state index is 10.7. The Morgan fingerprint density at radius 1 is 1.45 bits per heavy atom. The third-order valence-corrected chi connectivity index (χ3v) is 1.31. The third-order valence-electron chi connectivity index (χ3n) is 1.31. The molecule has 0 aromatic rings. The van der Waals surface area contributed by atoms with Crippen molar-refractivity contribution in [3.8, 4) is 0 Å². The van der Waals surface area contributed by atoms with Crippen molar-refractivity contribution in [2.45, 2.75) is 18.9 Å². The fourth-order valence-electron chi connectivity index (χ4n) is 0.620. The minimum atomic E-state index is -1.03. The van der Waals surface area contributed by atoms with Crippen LogP contribution in [0.2, 0.25) is 0 Å². The Morgan fingerprint density at radius 2 is 2.09 bits per heavy atom. The molecule has 11 heavy (non-hydrogen) atoms. The number of urea groups is 1. The van der Waals surface area contributed by atoms with E-state index in [1.807, 2.05) is 0 Å². The molecule has 0 aromatic carbocycles. The number of carbonyl (C=O) groups excluding carboxylic acids is 1. The van der Waals surface area contributed by atoms with Crippen LogP contribution in [0.15, 0.2) is 0 Å². The summed E-state index contributed by atoms with van der Waals surface area (Å²) in [5.41, 5.74) is 0. The van der Waals surface area contributed by atoms with Gasteiger partial charge in [0.05, 0.1) is 0 Å². The van der Waals surface area contributed by atoms with Crippen LogP contribution in [0, 0.1) is 0 Å². The highest BCUT2D eigenvalue weighted by atomic mass is 16.4. The van der Waals surface area contributed by atoms with Crippen LogP contribution in [0.3, 0.4) is 0 Å². The summed E-state index contributed by atoms with van der Waals surface area (Å²) in [6.07, 6.45) is 2.00. The summed E-state index contributed by atoms with van der Waals surface area (Å²) in [6.45, 7) is -0.321. The highest BCUT2D eigenvalue weighted by Crippen LogP contribution is 2.17. The van der Waals surface area contributed by atoms with Crippen molar-refractivity contribution in [3.05, 3.63) is 0 Å². The number of aliphatic carboxylic acids is 1. The van der Waals surface area contributed by atoms with Crippen molar-refractivity contribution in [1.29, 1.82) is 0 Å². The Labute approximate surface area is 63.8 Å². The van der Waals surface area contributed by atoms with Gasteiger partial charge in [0.2, 0.25) is 0 Å². The molecule has 0 atom stereocenters. The fraction of sp³-hybridized carbons (Fsp3) is 0.667. The SMILES string of the molecule is O=C(O)CNC(=O)NC1CC1. The van der Waals surface area contributed by atoms with Crippen LogP contribution in [0.4, 0.5) is 4.79 Å². The molecular formula is C6H10N2O3. The minimum Gasteiger partial charge on any atom is -0.480 e. The Kier molecular flexibility index (Phi) is 2.30. The Hall–Kier alpha value is -1.26. The number of amides is 2. The van der Waals surface area contributed by atoms with E-state index in [9.17, 15) is 9.59 Å². The predicted molar refractivity (Wildman–Crippen MR) is 37.2 cm³/mol. The van der Waals surface area contributed by atoms with Crippen molar-refractivity contribution < 1.29 is 14.7 Å². The van der Waals surface area contributed by atoms with Crippen molar-refractivity contribution in [2.24, 2.45) is 0 Å². The van der Waals surface area contributed by atoms with Crippen LogP contribution in [0.1, 0.15) is 12.8 Å². The molecule has 0 radical (unpaired) electrons. The molecule has 3 N–H and O–H groups in total. The lowest BCUT2D eigenvalue weighted by Gasteiger charge is -2.02. The van der Waals surface area contributed by atoms with E-state index < -0.39 is 12.0 Å². The van der Waals surface area contributed by atoms with E-state index in [0.717, 1.165) is 12.8 Å². The van der Waals surface area contributed by atoms with Crippen molar-refractivity contribution >= 4 is 12.0 Å². The molecule has 1 aliphatic carbocycles. The van der Waals surface area contributed by atoms with Crippen LogP contribution in [-0.2, 0) is 4.79 Å². The van der Waals surface area contributed by atoms with Gasteiger partial charge in [-0.3, -0.25) is 4.79 Å². The van der Waals surface area contributed by atoms with Crippen molar-refractivity contribution in [3.63, 3.8) is 0 Å². The Bertz CT molecular complexity index is 177. The second-order valence-electron chi connectivity index (χ2n) is 2.50. The molecule has 1 aliphatic rings. The average Bonchev–Trinajstić information content (AvgIpc) is 2.67. The van der Waals surface area contributed by atoms with Gasteiger partial charge in [-0.05, 0) is 12.8 Å². The number of hydrogen-bond donors (Lipinski definition) is 3. The van der Waals surface area contributed by atoms with Gasteiger partial charge in [0, 0.05) is 6.04 Å². The standard InChI is InChI=1S/C6H10N2O3/c9-5(10)3-7-6(11)8-4-1-2-4/h4H,1-3H2,(H,9,10)(H2,7,8,11). The Balaban J connectivity index is 2.04. The van der Waals surface area contributed by atoms with E-state index in [1.54, 1.807) is 0 Å². The maximum Gasteiger partial charge on any atom is 0.323 e. The molecule has 0 aliphatic heterocycles. The third kappa shape index (κ3) is 3.44. The largest absolute Gasteiger partial charge is 0.480 e. The lowest BCUT2D eigenvalue weighted by Crippen LogP contribution is -2.39. The maximum absolute atomic E-state index is 10.7. The molecule has 0 unspecified atom stereocenters. The zero-order chi connectivity index (χ0) is 8.27. The monoisotopic (exact) mass is 158 g/mol. The first-order valence-electron chi connectivity index (χ1n) is 3.44. The molecule has 0 saturated heterocycles. The van der Waals surface area contributed by atoms with Crippen LogP contribution in [0.25, 0.3) is 0 Å². The lowest BCUT2D eigenvalue weighted by molar-refractivity contribution is -0.135. The molecule has 0 bridgehead atoms. The molecule has 0 heterocycles. The zero-order valence-electron chi connectivity index (χ0n) is 5.96. The first-order valence-corrected chi connectivity index (χ1v) is 3.44. The molecule has 5 heteroatoms. The second kappa shape index (κ2) is 3.23. The Morgan fingerprint density at radius 3 is 2.55 bits per heavy atom. The second-order valence-corrected chi connectivity index (χ2v) is 2.50. The molecule has 2 amide bonds. The van der Waals surface area contributed by atoms with Crippen molar-refractivity contribution in [1.82, 2.24) is 10.6 Å². The van der Waals surface area contributed by atoms with Gasteiger partial charge in [-0.25, -0.2) is 4.79 Å².